The van der Waals surface area contributed by atoms with Crippen LogP contribution in [0, 0.1) is 17.8 Å². The molecule has 2 amide bonds. The van der Waals surface area contributed by atoms with E-state index in [0.29, 0.717) is 45.2 Å². The Hall–Kier alpha value is -0.860. The van der Waals surface area contributed by atoms with Gasteiger partial charge < -0.3 is 15.5 Å². The summed E-state index contributed by atoms with van der Waals surface area (Å²) in [5.74, 6) is 2.39. The highest BCUT2D eigenvalue weighted by Gasteiger charge is 2.46. The number of amides is 2. The van der Waals surface area contributed by atoms with Crippen molar-refractivity contribution in [3.05, 3.63) is 0 Å². The maximum Gasteiger partial charge on any atom is 0.317 e. The van der Waals surface area contributed by atoms with Crippen LogP contribution in [0.3, 0.4) is 0 Å². The number of sulfonamides is 1. The van der Waals surface area contributed by atoms with E-state index in [-0.39, 0.29) is 6.03 Å². The number of hydrogen-bond acceptors (Lipinski definition) is 4. The molecule has 7 nitrogen and oxygen atoms in total. The molecule has 8 heteroatoms. The topological polar surface area (TPSA) is 81.8 Å². The van der Waals surface area contributed by atoms with Crippen molar-refractivity contribution in [1.29, 1.82) is 0 Å². The molecule has 24 heavy (non-hydrogen) atoms. The van der Waals surface area contributed by atoms with Gasteiger partial charge in [-0.25, -0.2) is 13.2 Å². The molecule has 2 atom stereocenters. The zero-order chi connectivity index (χ0) is 16.7. The summed E-state index contributed by atoms with van der Waals surface area (Å²) in [6.45, 7) is 3.90. The molecule has 2 saturated heterocycles. The third kappa shape index (κ3) is 3.15. The van der Waals surface area contributed by atoms with Crippen molar-refractivity contribution in [1.82, 2.24) is 19.8 Å². The van der Waals surface area contributed by atoms with Gasteiger partial charge in [0.25, 0.3) is 0 Å². The minimum Gasteiger partial charge on any atom is -0.338 e. The van der Waals surface area contributed by atoms with Crippen molar-refractivity contribution < 1.29 is 13.2 Å². The molecule has 0 spiro atoms. The molecule has 4 rings (SSSR count). The molecule has 2 aliphatic carbocycles. The number of carbonyl (C=O) groups is 1. The van der Waals surface area contributed by atoms with Gasteiger partial charge in [0.1, 0.15) is 5.25 Å². The Kier molecular flexibility index (Phi) is 4.47. The molecule has 0 aromatic rings. The predicted molar refractivity (Wildman–Crippen MR) is 91.1 cm³/mol. The average molecular weight is 356 g/mol. The van der Waals surface area contributed by atoms with Gasteiger partial charge in [-0.2, -0.15) is 4.31 Å². The van der Waals surface area contributed by atoms with Crippen LogP contribution in [0.15, 0.2) is 0 Å². The Labute approximate surface area is 144 Å². The fourth-order valence-electron chi connectivity index (χ4n) is 4.18. The van der Waals surface area contributed by atoms with Crippen LogP contribution >= 0.6 is 0 Å². The first kappa shape index (κ1) is 16.6. The molecule has 2 saturated carbocycles. The zero-order valence-corrected chi connectivity index (χ0v) is 14.9. The molecule has 0 radical (unpaired) electrons. The Morgan fingerprint density at radius 1 is 1.17 bits per heavy atom. The summed E-state index contributed by atoms with van der Waals surface area (Å²) in [4.78, 5) is 13.8. The fourth-order valence-corrected chi connectivity index (χ4v) is 6.03. The molecule has 0 aromatic heterocycles. The first-order chi connectivity index (χ1) is 11.6. The van der Waals surface area contributed by atoms with E-state index >= 15 is 0 Å². The van der Waals surface area contributed by atoms with Crippen molar-refractivity contribution >= 4 is 16.1 Å². The minimum absolute atomic E-state index is 0.0963. The van der Waals surface area contributed by atoms with Gasteiger partial charge in [0.2, 0.25) is 10.0 Å². The van der Waals surface area contributed by atoms with Crippen LogP contribution in [0.2, 0.25) is 0 Å². The van der Waals surface area contributed by atoms with Gasteiger partial charge in [0.15, 0.2) is 0 Å². The Morgan fingerprint density at radius 2 is 1.88 bits per heavy atom. The third-order valence-electron chi connectivity index (χ3n) is 6.24. The van der Waals surface area contributed by atoms with Gasteiger partial charge in [-0.1, -0.05) is 19.3 Å². The number of piperazine rings is 1. The summed E-state index contributed by atoms with van der Waals surface area (Å²) in [6.07, 6.45) is 5.36. The maximum atomic E-state index is 12.5. The number of nitrogens with one attached hydrogen (secondary N) is 2. The fraction of sp³-hybridized carbons (Fsp3) is 0.938. The van der Waals surface area contributed by atoms with Crippen LogP contribution in [0.4, 0.5) is 4.79 Å². The van der Waals surface area contributed by atoms with E-state index in [2.05, 4.69) is 10.6 Å². The molecule has 2 N–H and O–H groups in total. The third-order valence-corrected chi connectivity index (χ3v) is 8.47. The average Bonchev–Trinajstić information content (AvgIpc) is 3.21. The lowest BCUT2D eigenvalue weighted by molar-refractivity contribution is 0.166. The highest BCUT2D eigenvalue weighted by Crippen LogP contribution is 2.51. The van der Waals surface area contributed by atoms with Crippen molar-refractivity contribution in [2.24, 2.45) is 17.8 Å². The summed E-state index contributed by atoms with van der Waals surface area (Å²) >= 11 is 0. The largest absolute Gasteiger partial charge is 0.338 e. The SMILES string of the molecule is O=C(NC[C@@H]1C[C@H]1C1CCC1)N1CC(S(=O)(=O)N2CCNCC2)C1. The lowest BCUT2D eigenvalue weighted by Crippen LogP contribution is -2.63. The molecular weight excluding hydrogens is 328 g/mol. The normalized spacial score (nSPS) is 32.1. The lowest BCUT2D eigenvalue weighted by atomic mass is 9.81. The van der Waals surface area contributed by atoms with Crippen molar-refractivity contribution in [2.45, 2.75) is 30.9 Å². The second-order valence-electron chi connectivity index (χ2n) is 7.76. The lowest BCUT2D eigenvalue weighted by Gasteiger charge is -2.41. The van der Waals surface area contributed by atoms with Crippen LogP contribution in [0.5, 0.6) is 0 Å². The summed E-state index contributed by atoms with van der Waals surface area (Å²) < 4.78 is 26.6. The highest BCUT2D eigenvalue weighted by molar-refractivity contribution is 7.89. The van der Waals surface area contributed by atoms with Crippen molar-refractivity contribution in [2.75, 3.05) is 45.8 Å². The minimum atomic E-state index is -3.25. The van der Waals surface area contributed by atoms with Gasteiger partial charge in [-0.05, 0) is 24.2 Å². The second-order valence-corrected chi connectivity index (χ2v) is 9.97. The van der Waals surface area contributed by atoms with E-state index in [4.69, 9.17) is 0 Å². The van der Waals surface area contributed by atoms with Crippen LogP contribution in [-0.4, -0.2) is 74.7 Å². The van der Waals surface area contributed by atoms with E-state index < -0.39 is 15.3 Å². The highest BCUT2D eigenvalue weighted by atomic mass is 32.2. The van der Waals surface area contributed by atoms with Crippen LogP contribution in [0.1, 0.15) is 25.7 Å². The number of hydrogen-bond donors (Lipinski definition) is 2. The van der Waals surface area contributed by atoms with Crippen molar-refractivity contribution in [3.8, 4) is 0 Å². The van der Waals surface area contributed by atoms with Gasteiger partial charge in [-0.15, -0.1) is 0 Å². The summed E-state index contributed by atoms with van der Waals surface area (Å²) in [5, 5.41) is 5.73. The first-order valence-corrected chi connectivity index (χ1v) is 10.8. The smallest absolute Gasteiger partial charge is 0.317 e. The number of rotatable bonds is 5. The Morgan fingerprint density at radius 3 is 2.50 bits per heavy atom. The molecule has 136 valence electrons. The van der Waals surface area contributed by atoms with Crippen LogP contribution < -0.4 is 10.6 Å². The monoisotopic (exact) mass is 356 g/mol. The van der Waals surface area contributed by atoms with E-state index in [1.165, 1.54) is 25.7 Å². The number of nitrogens with zero attached hydrogens (tertiary/aromatic N) is 2. The van der Waals surface area contributed by atoms with Crippen LogP contribution in [-0.2, 0) is 10.0 Å². The number of likely N-dealkylation sites (tertiary alicyclic amines) is 1. The second kappa shape index (κ2) is 6.46. The van der Waals surface area contributed by atoms with E-state index in [1.807, 2.05) is 0 Å². The molecule has 0 aromatic carbocycles. The molecule has 2 heterocycles. The Balaban J connectivity index is 1.18. The van der Waals surface area contributed by atoms with Gasteiger partial charge >= 0.3 is 6.03 Å². The van der Waals surface area contributed by atoms with E-state index in [9.17, 15) is 13.2 Å². The standard InChI is InChI=1S/C16H28N4O3S/c21-16(18-9-13-8-15(13)12-2-1-3-12)19-10-14(11-19)24(22,23)20-6-4-17-5-7-20/h12-15,17H,1-11H2,(H,18,21)/t13-,15-/m0/s1. The van der Waals surface area contributed by atoms with Gasteiger partial charge in [0.05, 0.1) is 0 Å². The Bertz CT molecular complexity index is 580. The number of carbonyl (C=O) groups excluding carboxylic acids is 1. The molecule has 0 bridgehead atoms. The maximum absolute atomic E-state index is 12.5. The number of urea groups is 1. The summed E-state index contributed by atoms with van der Waals surface area (Å²) in [6, 6.07) is -0.0963. The van der Waals surface area contributed by atoms with Crippen LogP contribution in [0.25, 0.3) is 0 Å². The quantitative estimate of drug-likeness (QED) is 0.729. The molecule has 2 aliphatic heterocycles. The predicted octanol–water partition coefficient (Wildman–Crippen LogP) is 0.0514. The van der Waals surface area contributed by atoms with E-state index in [1.54, 1.807) is 9.21 Å². The zero-order valence-electron chi connectivity index (χ0n) is 14.1. The van der Waals surface area contributed by atoms with Crippen molar-refractivity contribution in [3.63, 3.8) is 0 Å². The summed E-state index contributed by atoms with van der Waals surface area (Å²) in [5.41, 5.74) is 0. The molecular formula is C16H28N4O3S. The summed E-state index contributed by atoms with van der Waals surface area (Å²) in [7, 11) is -3.25. The van der Waals surface area contributed by atoms with E-state index in [0.717, 1.165) is 18.4 Å². The van der Waals surface area contributed by atoms with Gasteiger partial charge in [0, 0.05) is 45.8 Å². The molecule has 0 unspecified atom stereocenters. The molecule has 4 fully saturated rings. The first-order valence-electron chi connectivity index (χ1n) is 9.28. The molecule has 4 aliphatic rings. The van der Waals surface area contributed by atoms with Gasteiger partial charge in [-0.3, -0.25) is 0 Å².